The standard InChI is InChI=1S/C27H34N2O3/c1-19(2)18-29-26(31)22-13-7-6-12-21(22)24(27(29)15-9-4-10-16-27)25(30)28-17-20-11-5-8-14-23(20)32-3/h5-8,11-14,19,24H,4,9-10,15-18H2,1-3H3,(H,28,30)/t24-/m0/s1. The number of hydrogen-bond acceptors (Lipinski definition) is 3. The van der Waals surface area contributed by atoms with Crippen molar-refractivity contribution in [2.75, 3.05) is 13.7 Å². The molecule has 0 bridgehead atoms. The summed E-state index contributed by atoms with van der Waals surface area (Å²) in [6, 6.07) is 15.4. The van der Waals surface area contributed by atoms with Crippen LogP contribution >= 0.6 is 0 Å². The van der Waals surface area contributed by atoms with Crippen molar-refractivity contribution in [1.82, 2.24) is 10.2 Å². The highest BCUT2D eigenvalue weighted by Gasteiger charge is 2.54. The lowest BCUT2D eigenvalue weighted by Gasteiger charge is -2.54. The second-order valence-electron chi connectivity index (χ2n) is 9.52. The number of amides is 2. The average Bonchev–Trinajstić information content (AvgIpc) is 2.81. The SMILES string of the molecule is COc1ccccc1CNC(=O)[C@@H]1c2ccccc2C(=O)N(CC(C)C)C12CCCCC2. The zero-order valence-electron chi connectivity index (χ0n) is 19.4. The number of rotatable bonds is 6. The lowest BCUT2D eigenvalue weighted by molar-refractivity contribution is -0.127. The molecule has 1 saturated carbocycles. The molecule has 1 N–H and O–H groups in total. The first-order valence-corrected chi connectivity index (χ1v) is 11.8. The molecule has 4 rings (SSSR count). The van der Waals surface area contributed by atoms with Crippen molar-refractivity contribution < 1.29 is 14.3 Å². The molecule has 0 saturated heterocycles. The Bertz CT molecular complexity index is 978. The molecule has 2 aliphatic rings. The lowest BCUT2D eigenvalue weighted by atomic mass is 9.65. The molecule has 2 amide bonds. The Morgan fingerprint density at radius 3 is 2.50 bits per heavy atom. The first kappa shape index (κ1) is 22.4. The minimum Gasteiger partial charge on any atom is -0.496 e. The van der Waals surface area contributed by atoms with E-state index in [1.54, 1.807) is 7.11 Å². The maximum atomic E-state index is 13.9. The van der Waals surface area contributed by atoms with Crippen molar-refractivity contribution in [3.8, 4) is 5.75 Å². The van der Waals surface area contributed by atoms with Gasteiger partial charge >= 0.3 is 0 Å². The normalized spacial score (nSPS) is 19.7. The molecule has 5 heteroatoms. The van der Waals surface area contributed by atoms with E-state index in [-0.39, 0.29) is 17.7 Å². The van der Waals surface area contributed by atoms with Crippen LogP contribution in [0.25, 0.3) is 0 Å². The number of carbonyl (C=O) groups excluding carboxylic acids is 2. The van der Waals surface area contributed by atoms with Gasteiger partial charge in [0.25, 0.3) is 5.91 Å². The summed E-state index contributed by atoms with van der Waals surface area (Å²) < 4.78 is 5.46. The zero-order chi connectivity index (χ0) is 22.7. The van der Waals surface area contributed by atoms with Gasteiger partial charge in [0, 0.05) is 24.2 Å². The van der Waals surface area contributed by atoms with E-state index in [0.29, 0.717) is 24.6 Å². The third-order valence-corrected chi connectivity index (χ3v) is 7.00. The number of benzene rings is 2. The Kier molecular flexibility index (Phi) is 6.54. The van der Waals surface area contributed by atoms with Crippen LogP contribution in [0.2, 0.25) is 0 Å². The van der Waals surface area contributed by atoms with Crippen molar-refractivity contribution in [3.63, 3.8) is 0 Å². The summed E-state index contributed by atoms with van der Waals surface area (Å²) in [5.41, 5.74) is 2.03. The fraction of sp³-hybridized carbons (Fsp3) is 0.481. The number of methoxy groups -OCH3 is 1. The van der Waals surface area contributed by atoms with Crippen molar-refractivity contribution in [2.45, 2.75) is 64.0 Å². The number of carbonyl (C=O) groups is 2. The van der Waals surface area contributed by atoms with Crippen LogP contribution in [-0.4, -0.2) is 35.9 Å². The fourth-order valence-corrected chi connectivity index (χ4v) is 5.61. The summed E-state index contributed by atoms with van der Waals surface area (Å²) in [7, 11) is 1.64. The number of nitrogens with zero attached hydrogens (tertiary/aromatic N) is 1. The number of fused-ring (bicyclic) bond motifs is 1. The van der Waals surface area contributed by atoms with Crippen LogP contribution in [0.1, 0.15) is 73.4 Å². The molecule has 1 spiro atoms. The monoisotopic (exact) mass is 434 g/mol. The topological polar surface area (TPSA) is 58.6 Å². The molecule has 0 radical (unpaired) electrons. The average molecular weight is 435 g/mol. The maximum absolute atomic E-state index is 13.9. The van der Waals surface area contributed by atoms with Crippen LogP contribution < -0.4 is 10.1 Å². The van der Waals surface area contributed by atoms with Crippen LogP contribution in [0.15, 0.2) is 48.5 Å². The fourth-order valence-electron chi connectivity index (χ4n) is 5.61. The lowest BCUT2D eigenvalue weighted by Crippen LogP contribution is -2.63. The molecule has 170 valence electrons. The Balaban J connectivity index is 1.73. The minimum absolute atomic E-state index is 0.00786. The molecule has 1 fully saturated rings. The molecule has 1 aliphatic carbocycles. The first-order valence-electron chi connectivity index (χ1n) is 11.8. The third kappa shape index (κ3) is 4.01. The van der Waals surface area contributed by atoms with E-state index >= 15 is 0 Å². The molecule has 1 heterocycles. The van der Waals surface area contributed by atoms with E-state index in [4.69, 9.17) is 4.74 Å². The van der Waals surface area contributed by atoms with Crippen molar-refractivity contribution in [1.29, 1.82) is 0 Å². The van der Waals surface area contributed by atoms with Crippen molar-refractivity contribution >= 4 is 11.8 Å². The zero-order valence-corrected chi connectivity index (χ0v) is 19.4. The third-order valence-electron chi connectivity index (χ3n) is 7.00. The second kappa shape index (κ2) is 9.35. The van der Waals surface area contributed by atoms with Crippen molar-refractivity contribution in [3.05, 3.63) is 65.2 Å². The summed E-state index contributed by atoms with van der Waals surface area (Å²) in [6.07, 6.45) is 4.97. The second-order valence-corrected chi connectivity index (χ2v) is 9.52. The summed E-state index contributed by atoms with van der Waals surface area (Å²) in [5, 5.41) is 3.19. The van der Waals surface area contributed by atoms with E-state index in [1.807, 2.05) is 53.4 Å². The minimum atomic E-state index is -0.460. The molecule has 2 aromatic carbocycles. The Morgan fingerprint density at radius 2 is 1.78 bits per heavy atom. The predicted molar refractivity (Wildman–Crippen MR) is 126 cm³/mol. The summed E-state index contributed by atoms with van der Waals surface area (Å²) in [5.74, 6) is 0.794. The van der Waals surface area contributed by atoms with Crippen molar-refractivity contribution in [2.24, 2.45) is 5.92 Å². The smallest absolute Gasteiger partial charge is 0.254 e. The first-order chi connectivity index (χ1) is 15.5. The predicted octanol–water partition coefficient (Wildman–Crippen LogP) is 4.91. The highest BCUT2D eigenvalue weighted by atomic mass is 16.5. The molecular formula is C27H34N2O3. The molecule has 32 heavy (non-hydrogen) atoms. The van der Waals surface area contributed by atoms with Crippen LogP contribution in [-0.2, 0) is 11.3 Å². The van der Waals surface area contributed by atoms with Gasteiger partial charge in [-0.2, -0.15) is 0 Å². The van der Waals surface area contributed by atoms with E-state index < -0.39 is 5.54 Å². The van der Waals surface area contributed by atoms with Gasteiger partial charge in [0.2, 0.25) is 5.91 Å². The molecule has 0 aromatic heterocycles. The Hall–Kier alpha value is -2.82. The highest BCUT2D eigenvalue weighted by Crippen LogP contribution is 2.49. The molecule has 1 atom stereocenters. The number of para-hydroxylation sites is 1. The summed E-state index contributed by atoms with van der Waals surface area (Å²) >= 11 is 0. The van der Waals surface area contributed by atoms with Gasteiger partial charge in [0.15, 0.2) is 0 Å². The molecule has 1 aliphatic heterocycles. The molecule has 0 unspecified atom stereocenters. The molecule has 5 nitrogen and oxygen atoms in total. The van der Waals surface area contributed by atoms with Gasteiger partial charge in [-0.25, -0.2) is 0 Å². The maximum Gasteiger partial charge on any atom is 0.254 e. The quantitative estimate of drug-likeness (QED) is 0.703. The summed E-state index contributed by atoms with van der Waals surface area (Å²) in [4.78, 5) is 29.5. The highest BCUT2D eigenvalue weighted by molar-refractivity contribution is 6.02. The van der Waals surface area contributed by atoms with Crippen LogP contribution in [0, 0.1) is 5.92 Å². The van der Waals surface area contributed by atoms with Gasteiger partial charge in [-0.1, -0.05) is 69.5 Å². The van der Waals surface area contributed by atoms with E-state index in [0.717, 1.165) is 49.0 Å². The van der Waals surface area contributed by atoms with E-state index in [1.165, 1.54) is 0 Å². The van der Waals surface area contributed by atoms with Gasteiger partial charge < -0.3 is 15.0 Å². The van der Waals surface area contributed by atoms with Gasteiger partial charge in [-0.05, 0) is 36.5 Å². The van der Waals surface area contributed by atoms with E-state index in [2.05, 4.69) is 19.2 Å². The van der Waals surface area contributed by atoms with Crippen LogP contribution in [0.4, 0.5) is 0 Å². The van der Waals surface area contributed by atoms with Gasteiger partial charge in [0.1, 0.15) is 5.75 Å². The van der Waals surface area contributed by atoms with Gasteiger partial charge in [-0.3, -0.25) is 9.59 Å². The number of nitrogens with one attached hydrogen (secondary N) is 1. The van der Waals surface area contributed by atoms with E-state index in [9.17, 15) is 9.59 Å². The Morgan fingerprint density at radius 1 is 1.09 bits per heavy atom. The molecule has 2 aromatic rings. The van der Waals surface area contributed by atoms with Crippen LogP contribution in [0.3, 0.4) is 0 Å². The largest absolute Gasteiger partial charge is 0.496 e. The Labute approximate surface area is 191 Å². The van der Waals surface area contributed by atoms with Gasteiger partial charge in [0.05, 0.1) is 18.6 Å². The number of hydrogen-bond donors (Lipinski definition) is 1. The molecular weight excluding hydrogens is 400 g/mol. The van der Waals surface area contributed by atoms with Gasteiger partial charge in [-0.15, -0.1) is 0 Å². The number of ether oxygens (including phenoxy) is 1. The summed E-state index contributed by atoms with van der Waals surface area (Å²) in [6.45, 7) is 5.35. The van der Waals surface area contributed by atoms with Crippen LogP contribution in [0.5, 0.6) is 5.75 Å².